The summed E-state index contributed by atoms with van der Waals surface area (Å²) in [5.41, 5.74) is 3.20. The monoisotopic (exact) mass is 327 g/mol. The van der Waals surface area contributed by atoms with Gasteiger partial charge in [0.05, 0.1) is 12.1 Å². The Morgan fingerprint density at radius 3 is 2.36 bits per heavy atom. The zero-order valence-corrected chi connectivity index (χ0v) is 13.6. The van der Waals surface area contributed by atoms with Crippen LogP contribution in [0.2, 0.25) is 0 Å². The molecule has 1 amide bonds. The molecule has 2 heterocycles. The Hall–Kier alpha value is -3.40. The zero-order valence-electron chi connectivity index (χ0n) is 13.6. The third-order valence-corrected chi connectivity index (χ3v) is 4.15. The van der Waals surface area contributed by atoms with E-state index in [1.807, 2.05) is 89.6 Å². The number of nitrogens with zero attached hydrogens (tertiary/aromatic N) is 3. The number of para-hydroxylation sites is 1. The zero-order chi connectivity index (χ0) is 17.1. The maximum atomic E-state index is 13.3. The highest BCUT2D eigenvalue weighted by Gasteiger charge is 2.21. The van der Waals surface area contributed by atoms with E-state index in [0.29, 0.717) is 17.8 Å². The summed E-state index contributed by atoms with van der Waals surface area (Å²) >= 11 is 0. The topological polar surface area (TPSA) is 37.6 Å². The summed E-state index contributed by atoms with van der Waals surface area (Å²) in [5.74, 6) is -0.0631. The number of aromatic nitrogens is 2. The van der Waals surface area contributed by atoms with E-state index in [4.69, 9.17) is 0 Å². The maximum Gasteiger partial charge on any atom is 0.262 e. The van der Waals surface area contributed by atoms with Crippen LogP contribution in [-0.4, -0.2) is 15.3 Å². The van der Waals surface area contributed by atoms with E-state index in [0.717, 1.165) is 11.3 Å². The lowest BCUT2D eigenvalue weighted by atomic mass is 10.1. The van der Waals surface area contributed by atoms with Crippen molar-refractivity contribution in [2.24, 2.45) is 0 Å². The average Bonchev–Trinajstić information content (AvgIpc) is 3.16. The van der Waals surface area contributed by atoms with Gasteiger partial charge in [0, 0.05) is 24.3 Å². The lowest BCUT2D eigenvalue weighted by Gasteiger charge is -2.23. The average molecular weight is 327 g/mol. The molecule has 4 nitrogen and oxygen atoms in total. The molecule has 0 saturated carbocycles. The lowest BCUT2D eigenvalue weighted by molar-refractivity contribution is 0.0986. The summed E-state index contributed by atoms with van der Waals surface area (Å²) in [6, 6.07) is 23.4. The first-order chi connectivity index (χ1) is 12.3. The van der Waals surface area contributed by atoms with Crippen LogP contribution in [0.25, 0.3) is 5.65 Å². The molecule has 0 saturated heterocycles. The highest BCUT2D eigenvalue weighted by molar-refractivity contribution is 6.09. The van der Waals surface area contributed by atoms with E-state index < -0.39 is 0 Å². The van der Waals surface area contributed by atoms with Crippen molar-refractivity contribution in [2.45, 2.75) is 6.54 Å². The van der Waals surface area contributed by atoms with Crippen LogP contribution in [-0.2, 0) is 6.54 Å². The van der Waals surface area contributed by atoms with Crippen LogP contribution in [0.5, 0.6) is 0 Å². The molecule has 0 N–H and O–H groups in total. The third kappa shape index (κ3) is 3.02. The summed E-state index contributed by atoms with van der Waals surface area (Å²) in [7, 11) is 0. The number of benzene rings is 2. The number of carbonyl (C=O) groups is 1. The van der Waals surface area contributed by atoms with Gasteiger partial charge in [-0.3, -0.25) is 4.79 Å². The highest BCUT2D eigenvalue weighted by Crippen LogP contribution is 2.21. The molecule has 122 valence electrons. The second-order valence-electron chi connectivity index (χ2n) is 5.79. The molecule has 0 atom stereocenters. The van der Waals surface area contributed by atoms with Gasteiger partial charge in [0.2, 0.25) is 0 Å². The number of amides is 1. The minimum absolute atomic E-state index is 0.0631. The van der Waals surface area contributed by atoms with Crippen LogP contribution >= 0.6 is 0 Å². The number of hydrogen-bond donors (Lipinski definition) is 0. The Morgan fingerprint density at radius 2 is 1.60 bits per heavy atom. The van der Waals surface area contributed by atoms with Crippen molar-refractivity contribution in [1.29, 1.82) is 0 Å². The Kier molecular flexibility index (Phi) is 4.01. The number of pyridine rings is 1. The third-order valence-electron chi connectivity index (χ3n) is 4.15. The molecule has 4 heteroatoms. The van der Waals surface area contributed by atoms with Crippen LogP contribution in [0.3, 0.4) is 0 Å². The van der Waals surface area contributed by atoms with Gasteiger partial charge in [-0.1, -0.05) is 48.5 Å². The van der Waals surface area contributed by atoms with Crippen molar-refractivity contribution < 1.29 is 4.79 Å². The minimum atomic E-state index is -0.0631. The minimum Gasteiger partial charge on any atom is -0.306 e. The number of carbonyl (C=O) groups excluding carboxylic acids is 1. The fraction of sp³-hybridized carbons (Fsp3) is 0.0476. The molecule has 0 unspecified atom stereocenters. The molecular formula is C21H17N3O. The summed E-state index contributed by atoms with van der Waals surface area (Å²) in [6.45, 7) is 0.505. The number of imidazole rings is 1. The largest absolute Gasteiger partial charge is 0.306 e. The molecule has 0 fully saturated rings. The van der Waals surface area contributed by atoms with Crippen molar-refractivity contribution in [1.82, 2.24) is 9.38 Å². The Labute approximate surface area is 146 Å². The molecular weight excluding hydrogens is 310 g/mol. The first kappa shape index (κ1) is 15.1. The van der Waals surface area contributed by atoms with Crippen molar-refractivity contribution in [3.8, 4) is 0 Å². The highest BCUT2D eigenvalue weighted by atomic mass is 16.2. The Balaban J connectivity index is 1.77. The molecule has 0 bridgehead atoms. The van der Waals surface area contributed by atoms with E-state index in [-0.39, 0.29) is 5.91 Å². The van der Waals surface area contributed by atoms with Gasteiger partial charge in [0.15, 0.2) is 0 Å². The Bertz CT molecular complexity index is 993. The second-order valence-corrected chi connectivity index (χ2v) is 5.79. The summed E-state index contributed by atoms with van der Waals surface area (Å²) in [4.78, 5) is 19.5. The van der Waals surface area contributed by atoms with Gasteiger partial charge in [0.1, 0.15) is 5.65 Å². The molecule has 4 rings (SSSR count). The number of fused-ring (bicyclic) bond motifs is 1. The molecule has 25 heavy (non-hydrogen) atoms. The molecule has 0 aliphatic carbocycles. The van der Waals surface area contributed by atoms with Gasteiger partial charge in [-0.05, 0) is 29.8 Å². The van der Waals surface area contributed by atoms with Gasteiger partial charge >= 0.3 is 0 Å². The van der Waals surface area contributed by atoms with Crippen LogP contribution in [0.15, 0.2) is 91.4 Å². The Morgan fingerprint density at radius 1 is 0.880 bits per heavy atom. The molecule has 4 aromatic rings. The molecule has 0 spiro atoms. The van der Waals surface area contributed by atoms with Crippen molar-refractivity contribution in [3.05, 3.63) is 103 Å². The SMILES string of the molecule is O=C(c1cccn2ccnc12)N(Cc1ccccc1)c1ccccc1. The van der Waals surface area contributed by atoms with Crippen LogP contribution < -0.4 is 4.90 Å². The summed E-state index contributed by atoms with van der Waals surface area (Å²) < 4.78 is 1.86. The van der Waals surface area contributed by atoms with E-state index >= 15 is 0 Å². The quantitative estimate of drug-likeness (QED) is 0.564. The van der Waals surface area contributed by atoms with Crippen LogP contribution in [0, 0.1) is 0 Å². The normalized spacial score (nSPS) is 10.7. The molecule has 2 aromatic carbocycles. The second kappa shape index (κ2) is 6.61. The predicted molar refractivity (Wildman–Crippen MR) is 98.6 cm³/mol. The van der Waals surface area contributed by atoms with Gasteiger partial charge < -0.3 is 9.30 Å². The summed E-state index contributed by atoms with van der Waals surface area (Å²) in [5, 5.41) is 0. The summed E-state index contributed by atoms with van der Waals surface area (Å²) in [6.07, 6.45) is 5.44. The fourth-order valence-electron chi connectivity index (χ4n) is 2.92. The smallest absolute Gasteiger partial charge is 0.262 e. The van der Waals surface area contributed by atoms with Crippen LogP contribution in [0.1, 0.15) is 15.9 Å². The fourth-order valence-corrected chi connectivity index (χ4v) is 2.92. The predicted octanol–water partition coefficient (Wildman–Crippen LogP) is 4.18. The first-order valence-electron chi connectivity index (χ1n) is 8.15. The van der Waals surface area contributed by atoms with E-state index in [9.17, 15) is 4.79 Å². The van der Waals surface area contributed by atoms with E-state index in [1.54, 1.807) is 11.1 Å². The van der Waals surface area contributed by atoms with E-state index in [1.165, 1.54) is 0 Å². The van der Waals surface area contributed by atoms with Gasteiger partial charge in [0.25, 0.3) is 5.91 Å². The molecule has 2 aromatic heterocycles. The molecule has 0 radical (unpaired) electrons. The molecule has 0 aliphatic rings. The maximum absolute atomic E-state index is 13.3. The van der Waals surface area contributed by atoms with Crippen molar-refractivity contribution >= 4 is 17.2 Å². The number of rotatable bonds is 4. The van der Waals surface area contributed by atoms with Gasteiger partial charge in [-0.25, -0.2) is 4.98 Å². The van der Waals surface area contributed by atoms with Gasteiger partial charge in [-0.2, -0.15) is 0 Å². The molecule has 0 aliphatic heterocycles. The number of anilines is 1. The lowest BCUT2D eigenvalue weighted by Crippen LogP contribution is -2.30. The van der Waals surface area contributed by atoms with Gasteiger partial charge in [-0.15, -0.1) is 0 Å². The number of hydrogen-bond acceptors (Lipinski definition) is 2. The first-order valence-corrected chi connectivity index (χ1v) is 8.15. The standard InChI is InChI=1S/C21H17N3O/c25-21(19-12-7-14-23-15-13-22-20(19)23)24(18-10-5-2-6-11-18)16-17-8-3-1-4-9-17/h1-15H,16H2. The van der Waals surface area contributed by atoms with Crippen LogP contribution in [0.4, 0.5) is 5.69 Å². The van der Waals surface area contributed by atoms with Crippen molar-refractivity contribution in [2.75, 3.05) is 4.90 Å². The van der Waals surface area contributed by atoms with E-state index in [2.05, 4.69) is 4.98 Å². The van der Waals surface area contributed by atoms with Crippen molar-refractivity contribution in [3.63, 3.8) is 0 Å².